The van der Waals surface area contributed by atoms with Crippen molar-refractivity contribution in [1.82, 2.24) is 8.43 Å². The Kier molecular flexibility index (Phi) is 2.94. The van der Waals surface area contributed by atoms with Gasteiger partial charge in [-0.05, 0) is 33.4 Å². The van der Waals surface area contributed by atoms with Gasteiger partial charge in [-0.2, -0.15) is 0 Å². The largest absolute Gasteiger partial charge is 0.302 e. The van der Waals surface area contributed by atoms with Gasteiger partial charge < -0.3 is 4.90 Å². The van der Waals surface area contributed by atoms with Gasteiger partial charge in [0.15, 0.2) is 0 Å². The van der Waals surface area contributed by atoms with E-state index in [0.29, 0.717) is 5.54 Å². The first-order chi connectivity index (χ1) is 4.71. The second-order valence-electron chi connectivity index (χ2n) is 3.28. The molecule has 0 atom stereocenters. The van der Waals surface area contributed by atoms with E-state index in [9.17, 15) is 0 Å². The molecular formula is C7H15IN2. The molecule has 0 aromatic heterocycles. The highest BCUT2D eigenvalue weighted by atomic mass is 127. The lowest BCUT2D eigenvalue weighted by Gasteiger charge is -2.47. The Balaban J connectivity index is 2.42. The van der Waals surface area contributed by atoms with E-state index < -0.39 is 0 Å². The van der Waals surface area contributed by atoms with Crippen LogP contribution < -0.4 is 3.53 Å². The minimum atomic E-state index is 0.487. The minimum absolute atomic E-state index is 0.487. The van der Waals surface area contributed by atoms with Crippen LogP contribution in [0.2, 0.25) is 0 Å². The van der Waals surface area contributed by atoms with Gasteiger partial charge in [-0.25, -0.2) is 0 Å². The van der Waals surface area contributed by atoms with Crippen molar-refractivity contribution < 1.29 is 0 Å². The third-order valence-corrected chi connectivity index (χ3v) is 3.01. The standard InChI is InChI=1S/C7H15IN2/c1-10(2)7(6-9-8)4-3-5-7/h9H,3-6H2,1-2H3. The molecule has 0 unspecified atom stereocenters. The number of hydrogen-bond donors (Lipinski definition) is 1. The zero-order valence-electron chi connectivity index (χ0n) is 6.65. The van der Waals surface area contributed by atoms with Crippen LogP contribution in [0.1, 0.15) is 19.3 Å². The van der Waals surface area contributed by atoms with Crippen molar-refractivity contribution in [3.63, 3.8) is 0 Å². The Morgan fingerprint density at radius 2 is 2.10 bits per heavy atom. The van der Waals surface area contributed by atoms with Crippen LogP contribution >= 0.6 is 22.9 Å². The van der Waals surface area contributed by atoms with Crippen LogP contribution in [0.15, 0.2) is 0 Å². The highest BCUT2D eigenvalue weighted by molar-refractivity contribution is 14.1. The Labute approximate surface area is 76.9 Å². The molecule has 0 aliphatic heterocycles. The molecule has 2 nitrogen and oxygen atoms in total. The highest BCUT2D eigenvalue weighted by Gasteiger charge is 2.38. The van der Waals surface area contributed by atoms with E-state index >= 15 is 0 Å². The topological polar surface area (TPSA) is 15.3 Å². The van der Waals surface area contributed by atoms with E-state index in [1.807, 2.05) is 0 Å². The van der Waals surface area contributed by atoms with E-state index in [2.05, 4.69) is 45.4 Å². The van der Waals surface area contributed by atoms with Crippen molar-refractivity contribution in [3.8, 4) is 0 Å². The summed E-state index contributed by atoms with van der Waals surface area (Å²) >= 11 is 2.23. The summed E-state index contributed by atoms with van der Waals surface area (Å²) in [6.45, 7) is 1.13. The van der Waals surface area contributed by atoms with Crippen molar-refractivity contribution in [2.45, 2.75) is 24.8 Å². The maximum atomic E-state index is 3.22. The summed E-state index contributed by atoms with van der Waals surface area (Å²) in [6, 6.07) is 0. The van der Waals surface area contributed by atoms with Crippen molar-refractivity contribution in [2.75, 3.05) is 20.6 Å². The predicted octanol–water partition coefficient (Wildman–Crippen LogP) is 1.41. The van der Waals surface area contributed by atoms with Crippen LogP contribution in [0.4, 0.5) is 0 Å². The summed E-state index contributed by atoms with van der Waals surface area (Å²) in [5, 5.41) is 0. The molecule has 0 saturated heterocycles. The molecule has 0 heterocycles. The third-order valence-electron chi connectivity index (χ3n) is 2.63. The predicted molar refractivity (Wildman–Crippen MR) is 52.3 cm³/mol. The quantitative estimate of drug-likeness (QED) is 0.605. The average Bonchev–Trinajstić information content (AvgIpc) is 1.77. The van der Waals surface area contributed by atoms with E-state index in [1.54, 1.807) is 0 Å². The van der Waals surface area contributed by atoms with E-state index in [0.717, 1.165) is 6.54 Å². The summed E-state index contributed by atoms with van der Waals surface area (Å²) in [5.74, 6) is 0. The molecule has 0 radical (unpaired) electrons. The fourth-order valence-corrected chi connectivity index (χ4v) is 2.20. The number of nitrogens with one attached hydrogen (secondary N) is 1. The van der Waals surface area contributed by atoms with Crippen LogP contribution in [-0.4, -0.2) is 31.1 Å². The van der Waals surface area contributed by atoms with Crippen molar-refractivity contribution in [2.24, 2.45) is 0 Å². The van der Waals surface area contributed by atoms with Crippen LogP contribution in [0.3, 0.4) is 0 Å². The summed E-state index contributed by atoms with van der Waals surface area (Å²) in [4.78, 5) is 2.35. The maximum absolute atomic E-state index is 3.22. The molecule has 60 valence electrons. The molecule has 1 rings (SSSR count). The molecular weight excluding hydrogens is 239 g/mol. The second kappa shape index (κ2) is 3.36. The monoisotopic (exact) mass is 254 g/mol. The number of halogens is 1. The normalized spacial score (nSPS) is 22.8. The molecule has 1 aliphatic rings. The first-order valence-corrected chi connectivity index (χ1v) is 4.80. The van der Waals surface area contributed by atoms with Gasteiger partial charge >= 0.3 is 0 Å². The maximum Gasteiger partial charge on any atom is 0.0336 e. The fraction of sp³-hybridized carbons (Fsp3) is 1.00. The highest BCUT2D eigenvalue weighted by Crippen LogP contribution is 2.35. The third kappa shape index (κ3) is 1.46. The van der Waals surface area contributed by atoms with Crippen molar-refractivity contribution >= 4 is 22.9 Å². The number of hydrogen-bond acceptors (Lipinski definition) is 2. The smallest absolute Gasteiger partial charge is 0.0336 e. The number of likely N-dealkylation sites (N-methyl/N-ethyl adjacent to an activating group) is 1. The molecule has 0 aromatic rings. The van der Waals surface area contributed by atoms with Gasteiger partial charge in [0, 0.05) is 34.9 Å². The molecule has 1 N–H and O–H groups in total. The lowest BCUT2D eigenvalue weighted by Crippen LogP contribution is -2.55. The fourth-order valence-electron chi connectivity index (χ4n) is 1.49. The zero-order valence-corrected chi connectivity index (χ0v) is 8.81. The SMILES string of the molecule is CN(C)C1(CNI)CCC1. The molecule has 3 heteroatoms. The Hall–Kier alpha value is 0.650. The molecule has 1 saturated carbocycles. The van der Waals surface area contributed by atoms with Crippen LogP contribution in [-0.2, 0) is 0 Å². The Morgan fingerprint density at radius 3 is 2.20 bits per heavy atom. The Morgan fingerprint density at radius 1 is 1.50 bits per heavy atom. The van der Waals surface area contributed by atoms with E-state index in [1.165, 1.54) is 19.3 Å². The van der Waals surface area contributed by atoms with Crippen LogP contribution in [0.25, 0.3) is 0 Å². The van der Waals surface area contributed by atoms with Crippen LogP contribution in [0.5, 0.6) is 0 Å². The van der Waals surface area contributed by atoms with Gasteiger partial charge in [-0.1, -0.05) is 0 Å². The molecule has 0 aromatic carbocycles. The van der Waals surface area contributed by atoms with Gasteiger partial charge in [0.05, 0.1) is 0 Å². The summed E-state index contributed by atoms with van der Waals surface area (Å²) in [7, 11) is 4.35. The zero-order chi connectivity index (χ0) is 7.61. The molecule has 0 bridgehead atoms. The van der Waals surface area contributed by atoms with Gasteiger partial charge in [0.25, 0.3) is 0 Å². The van der Waals surface area contributed by atoms with Gasteiger partial charge in [-0.15, -0.1) is 0 Å². The van der Waals surface area contributed by atoms with Gasteiger partial charge in [0.1, 0.15) is 0 Å². The van der Waals surface area contributed by atoms with E-state index in [-0.39, 0.29) is 0 Å². The summed E-state index contributed by atoms with van der Waals surface area (Å²) < 4.78 is 3.22. The first kappa shape index (κ1) is 8.74. The first-order valence-electron chi connectivity index (χ1n) is 3.72. The molecule has 0 spiro atoms. The number of nitrogens with zero attached hydrogens (tertiary/aromatic N) is 1. The second-order valence-corrected chi connectivity index (χ2v) is 4.05. The van der Waals surface area contributed by atoms with Gasteiger partial charge in [0.2, 0.25) is 0 Å². The molecule has 1 fully saturated rings. The molecule has 10 heavy (non-hydrogen) atoms. The average molecular weight is 254 g/mol. The lowest BCUT2D eigenvalue weighted by atomic mass is 9.76. The molecule has 1 aliphatic carbocycles. The Bertz CT molecular complexity index is 110. The van der Waals surface area contributed by atoms with Crippen molar-refractivity contribution in [1.29, 1.82) is 0 Å². The van der Waals surface area contributed by atoms with Crippen molar-refractivity contribution in [3.05, 3.63) is 0 Å². The van der Waals surface area contributed by atoms with Crippen LogP contribution in [0, 0.1) is 0 Å². The number of rotatable bonds is 3. The lowest BCUT2D eigenvalue weighted by molar-refractivity contribution is 0.0674. The summed E-state index contributed by atoms with van der Waals surface area (Å²) in [5.41, 5.74) is 0.487. The molecule has 0 amide bonds. The van der Waals surface area contributed by atoms with E-state index in [4.69, 9.17) is 0 Å². The summed E-state index contributed by atoms with van der Waals surface area (Å²) in [6.07, 6.45) is 4.11. The minimum Gasteiger partial charge on any atom is -0.302 e. The van der Waals surface area contributed by atoms with Gasteiger partial charge in [-0.3, -0.25) is 3.53 Å².